The van der Waals surface area contributed by atoms with Crippen molar-refractivity contribution in [3.05, 3.63) is 29.6 Å². The molecule has 0 spiro atoms. The van der Waals surface area contributed by atoms with E-state index in [0.29, 0.717) is 0 Å². The smallest absolute Gasteiger partial charge is 0.123 e. The van der Waals surface area contributed by atoms with E-state index < -0.39 is 0 Å². The zero-order valence-corrected chi connectivity index (χ0v) is 6.34. The van der Waals surface area contributed by atoms with Gasteiger partial charge in [0.05, 0.1) is 0 Å². The second-order valence-electron chi connectivity index (χ2n) is 2.00. The Balaban J connectivity index is 3.17. The van der Waals surface area contributed by atoms with Gasteiger partial charge in [-0.3, -0.25) is 0 Å². The molecule has 0 nitrogen and oxygen atoms in total. The summed E-state index contributed by atoms with van der Waals surface area (Å²) in [6, 6.07) is 4.72. The number of hydrogen-bond acceptors (Lipinski definition) is 0. The van der Waals surface area contributed by atoms with Crippen LogP contribution in [0.4, 0.5) is 4.39 Å². The predicted octanol–water partition coefficient (Wildman–Crippen LogP) is 1.63. The van der Waals surface area contributed by atoms with E-state index in [9.17, 15) is 4.39 Å². The molecule has 1 aromatic carbocycles. The van der Waals surface area contributed by atoms with E-state index >= 15 is 0 Å². The number of rotatable bonds is 0. The fourth-order valence-corrected chi connectivity index (χ4v) is 0.867. The molecule has 0 radical (unpaired) electrons. The van der Waals surface area contributed by atoms with Gasteiger partial charge in [0.2, 0.25) is 0 Å². The molecular formula is C7H8FP. The van der Waals surface area contributed by atoms with Gasteiger partial charge >= 0.3 is 0 Å². The third-order valence-corrected chi connectivity index (χ3v) is 1.86. The first-order valence-corrected chi connectivity index (χ1v) is 3.29. The molecule has 1 aromatic rings. The van der Waals surface area contributed by atoms with Crippen molar-refractivity contribution in [2.24, 2.45) is 0 Å². The summed E-state index contributed by atoms with van der Waals surface area (Å²) in [7, 11) is 2.48. The monoisotopic (exact) mass is 142 g/mol. The molecule has 1 atom stereocenters. The van der Waals surface area contributed by atoms with Crippen molar-refractivity contribution < 1.29 is 4.39 Å². The van der Waals surface area contributed by atoms with Crippen LogP contribution in [0.1, 0.15) is 5.56 Å². The number of halogens is 1. The third-order valence-electron chi connectivity index (χ3n) is 1.24. The Morgan fingerprint density at radius 3 is 2.56 bits per heavy atom. The van der Waals surface area contributed by atoms with Crippen LogP contribution < -0.4 is 5.30 Å². The molecule has 0 saturated heterocycles. The first-order valence-electron chi connectivity index (χ1n) is 2.72. The molecule has 48 valence electrons. The molecule has 0 aromatic heterocycles. The zero-order valence-electron chi connectivity index (χ0n) is 5.19. The minimum Gasteiger partial charge on any atom is -0.207 e. The Morgan fingerprint density at radius 1 is 1.44 bits per heavy atom. The van der Waals surface area contributed by atoms with E-state index in [1.54, 1.807) is 6.07 Å². The van der Waals surface area contributed by atoms with Gasteiger partial charge in [-0.05, 0) is 29.9 Å². The Hall–Kier alpha value is -0.420. The van der Waals surface area contributed by atoms with Crippen LogP contribution in [0.15, 0.2) is 18.2 Å². The van der Waals surface area contributed by atoms with Gasteiger partial charge in [0.25, 0.3) is 0 Å². The van der Waals surface area contributed by atoms with E-state index in [2.05, 4.69) is 9.24 Å². The lowest BCUT2D eigenvalue weighted by atomic mass is 10.2. The SMILES string of the molecule is Cc1ccc(F)cc1P. The summed E-state index contributed by atoms with van der Waals surface area (Å²) in [4.78, 5) is 0. The number of hydrogen-bond donors (Lipinski definition) is 0. The van der Waals surface area contributed by atoms with Crippen molar-refractivity contribution >= 4 is 14.5 Å². The van der Waals surface area contributed by atoms with Crippen LogP contribution in [0, 0.1) is 12.7 Å². The molecule has 0 heterocycles. The standard InChI is InChI=1S/C7H8FP/c1-5-2-3-6(8)4-7(5)9/h2-4H,9H2,1H3. The van der Waals surface area contributed by atoms with E-state index in [4.69, 9.17) is 0 Å². The van der Waals surface area contributed by atoms with Gasteiger partial charge in [0.15, 0.2) is 0 Å². The van der Waals surface area contributed by atoms with E-state index in [1.807, 2.05) is 6.92 Å². The lowest BCUT2D eigenvalue weighted by Gasteiger charge is -1.95. The highest BCUT2D eigenvalue weighted by molar-refractivity contribution is 7.27. The molecule has 9 heavy (non-hydrogen) atoms. The van der Waals surface area contributed by atoms with E-state index in [1.165, 1.54) is 12.1 Å². The van der Waals surface area contributed by atoms with Crippen LogP contribution in [0.5, 0.6) is 0 Å². The predicted molar refractivity (Wildman–Crippen MR) is 40.5 cm³/mol. The number of aryl methyl sites for hydroxylation is 1. The van der Waals surface area contributed by atoms with Crippen LogP contribution in [0.2, 0.25) is 0 Å². The maximum Gasteiger partial charge on any atom is 0.123 e. The summed E-state index contributed by atoms with van der Waals surface area (Å²) in [5, 5.41) is 0.926. The molecular weight excluding hydrogens is 134 g/mol. The normalized spacial score (nSPS) is 9.67. The summed E-state index contributed by atoms with van der Waals surface area (Å²) in [5.41, 5.74) is 1.10. The molecule has 0 fully saturated rings. The molecule has 0 aliphatic heterocycles. The lowest BCUT2D eigenvalue weighted by molar-refractivity contribution is 0.628. The average molecular weight is 142 g/mol. The maximum absolute atomic E-state index is 12.3. The van der Waals surface area contributed by atoms with Crippen molar-refractivity contribution in [2.45, 2.75) is 6.92 Å². The largest absolute Gasteiger partial charge is 0.207 e. The van der Waals surface area contributed by atoms with Gasteiger partial charge in [-0.15, -0.1) is 9.24 Å². The highest BCUT2D eigenvalue weighted by Crippen LogP contribution is 2.01. The van der Waals surface area contributed by atoms with Crippen LogP contribution in [0.3, 0.4) is 0 Å². The van der Waals surface area contributed by atoms with Crippen molar-refractivity contribution in [1.82, 2.24) is 0 Å². The molecule has 2 heteroatoms. The van der Waals surface area contributed by atoms with Gasteiger partial charge < -0.3 is 0 Å². The molecule has 1 unspecified atom stereocenters. The topological polar surface area (TPSA) is 0 Å². The third kappa shape index (κ3) is 1.49. The van der Waals surface area contributed by atoms with Crippen molar-refractivity contribution in [2.75, 3.05) is 0 Å². The summed E-state index contributed by atoms with van der Waals surface area (Å²) >= 11 is 0. The lowest BCUT2D eigenvalue weighted by Crippen LogP contribution is -1.96. The van der Waals surface area contributed by atoms with E-state index in [0.717, 1.165) is 10.9 Å². The quantitative estimate of drug-likeness (QED) is 0.483. The van der Waals surface area contributed by atoms with Gasteiger partial charge in [0, 0.05) is 0 Å². The minimum absolute atomic E-state index is 0.175. The Bertz CT molecular complexity index is 220. The minimum atomic E-state index is -0.175. The Labute approximate surface area is 56.3 Å². The molecule has 0 aliphatic carbocycles. The fraction of sp³-hybridized carbons (Fsp3) is 0.143. The van der Waals surface area contributed by atoms with Crippen LogP contribution in [-0.4, -0.2) is 0 Å². The van der Waals surface area contributed by atoms with Crippen molar-refractivity contribution in [3.8, 4) is 0 Å². The van der Waals surface area contributed by atoms with Crippen molar-refractivity contribution in [3.63, 3.8) is 0 Å². The van der Waals surface area contributed by atoms with Gasteiger partial charge in [-0.2, -0.15) is 0 Å². The Kier molecular flexibility index (Phi) is 1.82. The fourth-order valence-electron chi connectivity index (χ4n) is 0.611. The summed E-state index contributed by atoms with van der Waals surface area (Å²) in [6.45, 7) is 1.95. The molecule has 0 saturated carbocycles. The van der Waals surface area contributed by atoms with Crippen LogP contribution >= 0.6 is 9.24 Å². The molecule has 1 rings (SSSR count). The molecule has 0 bridgehead atoms. The average Bonchev–Trinajstić information content (AvgIpc) is 1.80. The summed E-state index contributed by atoms with van der Waals surface area (Å²) in [5.74, 6) is -0.175. The first kappa shape index (κ1) is 6.70. The second-order valence-corrected chi connectivity index (χ2v) is 2.62. The summed E-state index contributed by atoms with van der Waals surface area (Å²) in [6.07, 6.45) is 0. The maximum atomic E-state index is 12.3. The highest BCUT2D eigenvalue weighted by Gasteiger charge is 1.92. The summed E-state index contributed by atoms with van der Waals surface area (Å²) < 4.78 is 12.3. The van der Waals surface area contributed by atoms with Crippen LogP contribution in [-0.2, 0) is 0 Å². The van der Waals surface area contributed by atoms with E-state index in [-0.39, 0.29) is 5.82 Å². The second kappa shape index (κ2) is 2.45. The van der Waals surface area contributed by atoms with Crippen molar-refractivity contribution in [1.29, 1.82) is 0 Å². The molecule has 0 N–H and O–H groups in total. The molecule has 0 aliphatic rings. The zero-order chi connectivity index (χ0) is 6.85. The number of benzene rings is 1. The first-order chi connectivity index (χ1) is 4.20. The van der Waals surface area contributed by atoms with Gasteiger partial charge in [0.1, 0.15) is 5.82 Å². The Morgan fingerprint density at radius 2 is 2.11 bits per heavy atom. The molecule has 0 amide bonds. The van der Waals surface area contributed by atoms with Gasteiger partial charge in [-0.25, -0.2) is 4.39 Å². The highest BCUT2D eigenvalue weighted by atomic mass is 31.0. The van der Waals surface area contributed by atoms with Crippen LogP contribution in [0.25, 0.3) is 0 Å². The van der Waals surface area contributed by atoms with Gasteiger partial charge in [-0.1, -0.05) is 6.07 Å².